The molecule has 0 amide bonds. The summed E-state index contributed by atoms with van der Waals surface area (Å²) in [6.45, 7) is 4.20. The Labute approximate surface area is 126 Å². The van der Waals surface area contributed by atoms with Crippen molar-refractivity contribution in [1.82, 2.24) is 19.5 Å². The highest BCUT2D eigenvalue weighted by Gasteiger charge is 2.12. The highest BCUT2D eigenvalue weighted by molar-refractivity contribution is 7.98. The quantitative estimate of drug-likeness (QED) is 0.755. The minimum absolute atomic E-state index is 0.200. The lowest BCUT2D eigenvalue weighted by Gasteiger charge is -2.06. The van der Waals surface area contributed by atoms with Crippen LogP contribution in [-0.2, 0) is 12.8 Å². The van der Waals surface area contributed by atoms with Gasteiger partial charge in [-0.15, -0.1) is 0 Å². The first-order valence-corrected chi connectivity index (χ1v) is 7.64. The Morgan fingerprint density at radius 1 is 1.33 bits per heavy atom. The number of nitrogens with zero attached hydrogens (tertiary/aromatic N) is 3. The molecular weight excluding hydrogens is 284 g/mol. The molecule has 0 unspecified atom stereocenters. The van der Waals surface area contributed by atoms with Crippen molar-refractivity contribution in [3.05, 3.63) is 51.6 Å². The minimum atomic E-state index is -0.200. The smallest absolute Gasteiger partial charge is 0.278 e. The number of aryl methyl sites for hydroxylation is 3. The third-order valence-electron chi connectivity index (χ3n) is 3.48. The van der Waals surface area contributed by atoms with E-state index in [2.05, 4.69) is 47.0 Å². The summed E-state index contributed by atoms with van der Waals surface area (Å²) in [5.41, 5.74) is 4.61. The van der Waals surface area contributed by atoms with Crippen LogP contribution in [0.3, 0.4) is 0 Å². The van der Waals surface area contributed by atoms with Crippen LogP contribution >= 0.6 is 11.8 Å². The van der Waals surface area contributed by atoms with E-state index in [4.69, 9.17) is 0 Å². The lowest BCUT2D eigenvalue weighted by atomic mass is 10.1. The molecule has 1 N–H and O–H groups in total. The van der Waals surface area contributed by atoms with Crippen molar-refractivity contribution in [2.24, 2.45) is 7.05 Å². The second-order valence-corrected chi connectivity index (χ2v) is 6.02. The molecule has 21 heavy (non-hydrogen) atoms. The van der Waals surface area contributed by atoms with E-state index in [9.17, 15) is 4.79 Å². The summed E-state index contributed by atoms with van der Waals surface area (Å²) in [6, 6.07) is 6.44. The molecule has 5 nitrogen and oxygen atoms in total. The fourth-order valence-corrected chi connectivity index (χ4v) is 3.25. The van der Waals surface area contributed by atoms with Gasteiger partial charge in [0.05, 0.1) is 6.33 Å². The molecule has 0 spiro atoms. The van der Waals surface area contributed by atoms with Crippen molar-refractivity contribution in [2.45, 2.75) is 24.8 Å². The van der Waals surface area contributed by atoms with E-state index in [0.29, 0.717) is 11.2 Å². The first kappa shape index (κ1) is 13.9. The summed E-state index contributed by atoms with van der Waals surface area (Å²) in [5, 5.41) is 0.801. The van der Waals surface area contributed by atoms with Crippen molar-refractivity contribution in [1.29, 1.82) is 0 Å². The summed E-state index contributed by atoms with van der Waals surface area (Å²) in [4.78, 5) is 22.9. The van der Waals surface area contributed by atoms with Crippen LogP contribution in [0.15, 0.2) is 34.5 Å². The van der Waals surface area contributed by atoms with Crippen LogP contribution in [0.25, 0.3) is 11.2 Å². The van der Waals surface area contributed by atoms with Crippen molar-refractivity contribution in [2.75, 3.05) is 0 Å². The fraction of sp³-hybridized carbons (Fsp3) is 0.267. The Kier molecular flexibility index (Phi) is 3.55. The lowest BCUT2D eigenvalue weighted by Crippen LogP contribution is -2.06. The number of hydrogen-bond acceptors (Lipinski definition) is 4. The maximum Gasteiger partial charge on any atom is 0.278 e. The maximum absolute atomic E-state index is 11.7. The fourth-order valence-electron chi connectivity index (χ4n) is 2.22. The standard InChI is InChI=1S/C15H16N4OS/c1-9-4-5-10(2)11(6-9)7-21-15-18-12-13(19(15)3)16-8-17-14(12)20/h4-6,8H,7H2,1-3H3,(H,16,17,20). The van der Waals surface area contributed by atoms with Crippen LogP contribution in [-0.4, -0.2) is 19.5 Å². The Morgan fingerprint density at radius 3 is 2.90 bits per heavy atom. The number of thioether (sulfide) groups is 1. The lowest BCUT2D eigenvalue weighted by molar-refractivity contribution is 0.805. The molecule has 0 aliphatic rings. The average Bonchev–Trinajstić information content (AvgIpc) is 2.79. The van der Waals surface area contributed by atoms with E-state index in [0.717, 1.165) is 10.9 Å². The zero-order chi connectivity index (χ0) is 15.0. The number of fused-ring (bicyclic) bond motifs is 1. The second-order valence-electron chi connectivity index (χ2n) is 5.08. The molecule has 2 aromatic heterocycles. The molecule has 3 rings (SSSR count). The normalized spacial score (nSPS) is 11.2. The van der Waals surface area contributed by atoms with Gasteiger partial charge in [0, 0.05) is 12.8 Å². The van der Waals surface area contributed by atoms with Crippen LogP contribution < -0.4 is 5.56 Å². The number of rotatable bonds is 3. The zero-order valence-electron chi connectivity index (χ0n) is 12.2. The molecule has 0 saturated carbocycles. The summed E-state index contributed by atoms with van der Waals surface area (Å²) < 4.78 is 1.86. The molecule has 0 bridgehead atoms. The predicted molar refractivity (Wildman–Crippen MR) is 84.6 cm³/mol. The van der Waals surface area contributed by atoms with Gasteiger partial charge in [0.2, 0.25) is 0 Å². The molecule has 3 aromatic rings. The Bertz CT molecular complexity index is 866. The number of hydrogen-bond donors (Lipinski definition) is 1. The van der Waals surface area contributed by atoms with E-state index < -0.39 is 0 Å². The number of aromatic amines is 1. The van der Waals surface area contributed by atoms with Crippen LogP contribution in [0, 0.1) is 13.8 Å². The molecule has 0 radical (unpaired) electrons. The Hall–Kier alpha value is -2.08. The van der Waals surface area contributed by atoms with Gasteiger partial charge in [-0.1, -0.05) is 35.5 Å². The molecule has 0 aliphatic carbocycles. The molecule has 0 fully saturated rings. The largest absolute Gasteiger partial charge is 0.311 e. The highest BCUT2D eigenvalue weighted by Crippen LogP contribution is 2.25. The van der Waals surface area contributed by atoms with E-state index in [1.54, 1.807) is 11.8 Å². The van der Waals surface area contributed by atoms with Crippen molar-refractivity contribution >= 4 is 22.9 Å². The Morgan fingerprint density at radius 2 is 2.14 bits per heavy atom. The molecule has 0 saturated heterocycles. The average molecular weight is 300 g/mol. The van der Waals surface area contributed by atoms with Crippen molar-refractivity contribution in [3.63, 3.8) is 0 Å². The number of nitrogens with one attached hydrogen (secondary N) is 1. The van der Waals surface area contributed by atoms with Gasteiger partial charge in [-0.2, -0.15) is 0 Å². The summed E-state index contributed by atoms with van der Waals surface area (Å²) in [7, 11) is 1.88. The summed E-state index contributed by atoms with van der Waals surface area (Å²) in [6.07, 6.45) is 1.41. The van der Waals surface area contributed by atoms with Crippen LogP contribution in [0.1, 0.15) is 16.7 Å². The van der Waals surface area contributed by atoms with Gasteiger partial charge in [0.1, 0.15) is 0 Å². The Balaban J connectivity index is 1.92. The summed E-state index contributed by atoms with van der Waals surface area (Å²) in [5.74, 6) is 0.822. The molecule has 0 atom stereocenters. The van der Waals surface area contributed by atoms with Gasteiger partial charge in [0.25, 0.3) is 5.56 Å². The maximum atomic E-state index is 11.7. The molecular formula is C15H16N4OS. The molecule has 6 heteroatoms. The minimum Gasteiger partial charge on any atom is -0.311 e. The third-order valence-corrected chi connectivity index (χ3v) is 4.56. The monoisotopic (exact) mass is 300 g/mol. The van der Waals surface area contributed by atoms with Crippen LogP contribution in [0.5, 0.6) is 0 Å². The van der Waals surface area contributed by atoms with E-state index in [1.807, 2.05) is 11.6 Å². The number of benzene rings is 1. The molecule has 2 heterocycles. The van der Waals surface area contributed by atoms with Crippen molar-refractivity contribution < 1.29 is 0 Å². The van der Waals surface area contributed by atoms with Gasteiger partial charge >= 0.3 is 0 Å². The van der Waals surface area contributed by atoms with E-state index >= 15 is 0 Å². The molecule has 1 aromatic carbocycles. The van der Waals surface area contributed by atoms with Crippen LogP contribution in [0.4, 0.5) is 0 Å². The number of H-pyrrole nitrogens is 1. The first-order chi connectivity index (χ1) is 10.1. The molecule has 108 valence electrons. The number of imidazole rings is 1. The zero-order valence-corrected chi connectivity index (χ0v) is 13.0. The van der Waals surface area contributed by atoms with Gasteiger partial charge in [-0.25, -0.2) is 9.97 Å². The van der Waals surface area contributed by atoms with Gasteiger partial charge in [0.15, 0.2) is 16.3 Å². The third kappa shape index (κ3) is 2.58. The SMILES string of the molecule is Cc1ccc(C)c(CSc2nc3c(=O)[nH]cnc3n2C)c1. The summed E-state index contributed by atoms with van der Waals surface area (Å²) >= 11 is 1.62. The number of aromatic nitrogens is 4. The topological polar surface area (TPSA) is 63.6 Å². The van der Waals surface area contributed by atoms with Gasteiger partial charge in [-0.3, -0.25) is 4.79 Å². The van der Waals surface area contributed by atoms with Gasteiger partial charge in [-0.05, 0) is 25.0 Å². The predicted octanol–water partition coefficient (Wildman–Crippen LogP) is 2.57. The van der Waals surface area contributed by atoms with Crippen LogP contribution in [0.2, 0.25) is 0 Å². The van der Waals surface area contributed by atoms with Crippen molar-refractivity contribution in [3.8, 4) is 0 Å². The highest BCUT2D eigenvalue weighted by atomic mass is 32.2. The first-order valence-electron chi connectivity index (χ1n) is 6.65. The molecule has 0 aliphatic heterocycles. The van der Waals surface area contributed by atoms with Gasteiger partial charge < -0.3 is 9.55 Å². The second kappa shape index (κ2) is 5.37. The van der Waals surface area contributed by atoms with E-state index in [-0.39, 0.29) is 5.56 Å². The van der Waals surface area contributed by atoms with E-state index in [1.165, 1.54) is 23.0 Å².